The van der Waals surface area contributed by atoms with Gasteiger partial charge in [-0.25, -0.2) is 0 Å². The van der Waals surface area contributed by atoms with Crippen molar-refractivity contribution in [3.8, 4) is 6.07 Å². The van der Waals surface area contributed by atoms with E-state index in [2.05, 4.69) is 6.07 Å². The molecule has 0 unspecified atom stereocenters. The van der Waals surface area contributed by atoms with Gasteiger partial charge < -0.3 is 9.80 Å². The number of carbonyl (C=O) groups excluding carboxylic acids is 2. The molecule has 1 atom stereocenters. The maximum atomic E-state index is 13.5. The molecule has 10 heteroatoms. The van der Waals surface area contributed by atoms with E-state index in [0.717, 1.165) is 16.8 Å². The standard InChI is InChI=1S/C25H20Cl3N5O2/c1-14-6-22-19(13-32(14)24(34)17-2-3-20(27)21(28)10-17)23-25(35)31(4-5-33(23)30-22)12-16-7-15(11-29)8-18(26)9-16/h2-3,7-10,14H,4-6,12-13H2,1H3/t14-/m1/s1. The Labute approximate surface area is 217 Å². The molecule has 35 heavy (non-hydrogen) atoms. The zero-order valence-electron chi connectivity index (χ0n) is 18.8. The van der Waals surface area contributed by atoms with Gasteiger partial charge in [0.1, 0.15) is 5.69 Å². The van der Waals surface area contributed by atoms with E-state index in [-0.39, 0.29) is 24.4 Å². The molecule has 0 spiro atoms. The lowest BCUT2D eigenvalue weighted by molar-refractivity contribution is 0.0637. The van der Waals surface area contributed by atoms with Crippen LogP contribution in [0.2, 0.25) is 15.1 Å². The second-order valence-electron chi connectivity index (χ2n) is 8.80. The van der Waals surface area contributed by atoms with Gasteiger partial charge in [0.25, 0.3) is 11.8 Å². The van der Waals surface area contributed by atoms with Crippen LogP contribution in [-0.2, 0) is 26.1 Å². The van der Waals surface area contributed by atoms with Crippen LogP contribution >= 0.6 is 34.8 Å². The number of hydrogen-bond donors (Lipinski definition) is 0. The molecule has 0 fully saturated rings. The molecule has 0 bridgehead atoms. The number of benzene rings is 2. The second-order valence-corrected chi connectivity index (χ2v) is 10.0. The van der Waals surface area contributed by atoms with Crippen LogP contribution in [-0.4, -0.2) is 44.0 Å². The van der Waals surface area contributed by atoms with Crippen LogP contribution in [0, 0.1) is 11.3 Å². The van der Waals surface area contributed by atoms with E-state index in [1.54, 1.807) is 50.9 Å². The summed E-state index contributed by atoms with van der Waals surface area (Å²) in [5.41, 5.74) is 3.80. The molecule has 2 aliphatic rings. The summed E-state index contributed by atoms with van der Waals surface area (Å²) in [6.07, 6.45) is 0.551. The van der Waals surface area contributed by atoms with Crippen LogP contribution in [0.5, 0.6) is 0 Å². The van der Waals surface area contributed by atoms with Crippen molar-refractivity contribution in [3.05, 3.63) is 85.1 Å². The van der Waals surface area contributed by atoms with Gasteiger partial charge in [0.15, 0.2) is 0 Å². The Kier molecular flexibility index (Phi) is 6.22. The summed E-state index contributed by atoms with van der Waals surface area (Å²) in [5.74, 6) is -0.329. The third-order valence-electron chi connectivity index (χ3n) is 6.44. The van der Waals surface area contributed by atoms with Crippen molar-refractivity contribution in [2.24, 2.45) is 0 Å². The normalized spacial score (nSPS) is 17.1. The van der Waals surface area contributed by atoms with E-state index in [9.17, 15) is 14.9 Å². The highest BCUT2D eigenvalue weighted by Gasteiger charge is 2.37. The number of fused-ring (bicyclic) bond motifs is 3. The lowest BCUT2D eigenvalue weighted by Gasteiger charge is -2.34. The summed E-state index contributed by atoms with van der Waals surface area (Å²) in [6, 6.07) is 11.9. The molecular weight excluding hydrogens is 509 g/mol. The molecule has 2 aliphatic heterocycles. The summed E-state index contributed by atoms with van der Waals surface area (Å²) < 4.78 is 1.75. The van der Waals surface area contributed by atoms with Crippen LogP contribution in [0.25, 0.3) is 0 Å². The van der Waals surface area contributed by atoms with Crippen LogP contribution < -0.4 is 0 Å². The van der Waals surface area contributed by atoms with Crippen LogP contribution in [0.15, 0.2) is 36.4 Å². The second kappa shape index (κ2) is 9.19. The van der Waals surface area contributed by atoms with E-state index >= 15 is 0 Å². The smallest absolute Gasteiger partial charge is 0.272 e. The molecule has 7 nitrogen and oxygen atoms in total. The minimum absolute atomic E-state index is 0.0940. The third kappa shape index (κ3) is 4.38. The zero-order valence-corrected chi connectivity index (χ0v) is 21.0. The van der Waals surface area contributed by atoms with Gasteiger partial charge in [-0.1, -0.05) is 34.8 Å². The summed E-state index contributed by atoms with van der Waals surface area (Å²) in [5, 5.41) is 15.1. The average molecular weight is 529 g/mol. The molecule has 3 aromatic rings. The van der Waals surface area contributed by atoms with Crippen molar-refractivity contribution in [1.29, 1.82) is 5.26 Å². The fraction of sp³-hybridized carbons (Fsp3) is 0.280. The Morgan fingerprint density at radius 1 is 1.14 bits per heavy atom. The van der Waals surface area contributed by atoms with E-state index in [4.69, 9.17) is 39.9 Å². The van der Waals surface area contributed by atoms with Crippen molar-refractivity contribution >= 4 is 46.6 Å². The Bertz CT molecular complexity index is 1410. The number of aromatic nitrogens is 2. The van der Waals surface area contributed by atoms with Gasteiger partial charge in [-0.3, -0.25) is 14.3 Å². The zero-order chi connectivity index (χ0) is 24.9. The fourth-order valence-corrected chi connectivity index (χ4v) is 5.26. The van der Waals surface area contributed by atoms with Crippen LogP contribution in [0.4, 0.5) is 0 Å². The topological polar surface area (TPSA) is 82.2 Å². The van der Waals surface area contributed by atoms with E-state index in [1.807, 2.05) is 6.92 Å². The Morgan fingerprint density at radius 2 is 1.94 bits per heavy atom. The van der Waals surface area contributed by atoms with Crippen molar-refractivity contribution in [3.63, 3.8) is 0 Å². The quantitative estimate of drug-likeness (QED) is 0.481. The molecule has 0 N–H and O–H groups in total. The molecule has 2 amide bonds. The molecule has 1 aromatic heterocycles. The van der Waals surface area contributed by atoms with Crippen molar-refractivity contribution < 1.29 is 9.59 Å². The summed E-state index contributed by atoms with van der Waals surface area (Å²) in [4.78, 5) is 30.3. The number of nitriles is 1. The first-order chi connectivity index (χ1) is 16.7. The lowest BCUT2D eigenvalue weighted by Crippen LogP contribution is -2.44. The third-order valence-corrected chi connectivity index (χ3v) is 7.40. The first-order valence-electron chi connectivity index (χ1n) is 11.1. The molecule has 0 saturated carbocycles. The minimum atomic E-state index is -0.176. The number of hydrogen-bond acceptors (Lipinski definition) is 4. The Hall–Kier alpha value is -3.05. The SMILES string of the molecule is C[C@@H]1Cc2nn3c(c2CN1C(=O)c1ccc(Cl)c(Cl)c1)C(=O)N(Cc1cc(Cl)cc(C#N)c1)CC3. The number of carbonyl (C=O) groups is 2. The van der Waals surface area contributed by atoms with Crippen LogP contribution in [0.1, 0.15) is 50.2 Å². The molecule has 2 aromatic carbocycles. The minimum Gasteiger partial charge on any atom is -0.331 e. The number of halogens is 3. The van der Waals surface area contributed by atoms with Gasteiger partial charge in [0, 0.05) is 41.7 Å². The fourth-order valence-electron chi connectivity index (χ4n) is 4.71. The Balaban J connectivity index is 1.42. The van der Waals surface area contributed by atoms with Gasteiger partial charge in [0.2, 0.25) is 0 Å². The molecule has 3 heterocycles. The van der Waals surface area contributed by atoms with Crippen molar-refractivity contribution in [2.75, 3.05) is 6.54 Å². The number of rotatable bonds is 3. The first kappa shape index (κ1) is 23.7. The molecule has 0 aliphatic carbocycles. The van der Waals surface area contributed by atoms with Gasteiger partial charge in [-0.2, -0.15) is 10.4 Å². The summed E-state index contributed by atoms with van der Waals surface area (Å²) in [6.45, 7) is 3.62. The summed E-state index contributed by atoms with van der Waals surface area (Å²) >= 11 is 18.3. The van der Waals surface area contributed by atoms with Crippen LogP contribution in [0.3, 0.4) is 0 Å². The molecule has 5 rings (SSSR count). The summed E-state index contributed by atoms with van der Waals surface area (Å²) in [7, 11) is 0. The highest BCUT2D eigenvalue weighted by molar-refractivity contribution is 6.42. The maximum absolute atomic E-state index is 13.5. The van der Waals surface area contributed by atoms with E-state index in [1.165, 1.54) is 0 Å². The van der Waals surface area contributed by atoms with Gasteiger partial charge in [0.05, 0.1) is 40.5 Å². The highest BCUT2D eigenvalue weighted by atomic mass is 35.5. The predicted molar refractivity (Wildman–Crippen MR) is 133 cm³/mol. The maximum Gasteiger partial charge on any atom is 0.272 e. The molecule has 178 valence electrons. The van der Waals surface area contributed by atoms with E-state index < -0.39 is 0 Å². The van der Waals surface area contributed by atoms with E-state index in [0.29, 0.717) is 57.9 Å². The molecule has 0 saturated heterocycles. The van der Waals surface area contributed by atoms with Crippen molar-refractivity contribution in [2.45, 2.75) is 39.0 Å². The van der Waals surface area contributed by atoms with Gasteiger partial charge >= 0.3 is 0 Å². The predicted octanol–water partition coefficient (Wildman–Crippen LogP) is 4.96. The highest BCUT2D eigenvalue weighted by Crippen LogP contribution is 2.31. The largest absolute Gasteiger partial charge is 0.331 e. The average Bonchev–Trinajstić information content (AvgIpc) is 3.19. The Morgan fingerprint density at radius 3 is 2.69 bits per heavy atom. The first-order valence-corrected chi connectivity index (χ1v) is 12.2. The molecule has 0 radical (unpaired) electrons. The van der Waals surface area contributed by atoms with Gasteiger partial charge in [-0.15, -0.1) is 0 Å². The monoisotopic (exact) mass is 527 g/mol. The molecular formula is C25H20Cl3N5O2. The van der Waals surface area contributed by atoms with Crippen molar-refractivity contribution in [1.82, 2.24) is 19.6 Å². The van der Waals surface area contributed by atoms with Gasteiger partial charge in [-0.05, 0) is 48.9 Å². The number of nitrogens with zero attached hydrogens (tertiary/aromatic N) is 5. The lowest BCUT2D eigenvalue weighted by atomic mass is 9.97. The number of amides is 2.